The van der Waals surface area contributed by atoms with Crippen molar-refractivity contribution in [3.63, 3.8) is 0 Å². The number of benzene rings is 1. The normalized spacial score (nSPS) is 22.2. The Morgan fingerprint density at radius 1 is 1.25 bits per heavy atom. The lowest BCUT2D eigenvalue weighted by Crippen LogP contribution is -2.14. The number of aliphatic carboxylic acids is 1. The number of nitrogens with one attached hydrogen (secondary N) is 1. The van der Waals surface area contributed by atoms with Crippen molar-refractivity contribution in [3.8, 4) is 0 Å². The van der Waals surface area contributed by atoms with Gasteiger partial charge in [-0.1, -0.05) is 0 Å². The Bertz CT molecular complexity index is 741. The van der Waals surface area contributed by atoms with Crippen molar-refractivity contribution in [3.05, 3.63) is 34.3 Å². The third-order valence-corrected chi connectivity index (χ3v) is 3.86. The van der Waals surface area contributed by atoms with Gasteiger partial charge in [-0.25, -0.2) is 4.79 Å². The van der Waals surface area contributed by atoms with Crippen LogP contribution in [0.3, 0.4) is 0 Å². The molecule has 20 heavy (non-hydrogen) atoms. The van der Waals surface area contributed by atoms with Crippen molar-refractivity contribution < 1.29 is 19.1 Å². The van der Waals surface area contributed by atoms with Gasteiger partial charge >= 0.3 is 11.7 Å². The molecule has 6 heteroatoms. The summed E-state index contributed by atoms with van der Waals surface area (Å²) in [6.45, 7) is 0. The van der Waals surface area contributed by atoms with Crippen LogP contribution >= 0.6 is 0 Å². The van der Waals surface area contributed by atoms with Gasteiger partial charge in [-0.3, -0.25) is 14.6 Å². The lowest BCUT2D eigenvalue weighted by Gasteiger charge is -2.08. The minimum atomic E-state index is -0.840. The lowest BCUT2D eigenvalue weighted by molar-refractivity contribution is -0.141. The molecule has 0 bridgehead atoms. The average molecular weight is 275 g/mol. The van der Waals surface area contributed by atoms with Crippen molar-refractivity contribution in [2.75, 3.05) is 0 Å². The second kappa shape index (κ2) is 4.63. The van der Waals surface area contributed by atoms with E-state index in [9.17, 15) is 14.4 Å². The summed E-state index contributed by atoms with van der Waals surface area (Å²) in [5.41, 5.74) is 1.34. The monoisotopic (exact) mass is 275 g/mol. The van der Waals surface area contributed by atoms with Crippen molar-refractivity contribution in [1.82, 2.24) is 4.98 Å². The Morgan fingerprint density at radius 2 is 2.00 bits per heavy atom. The smallest absolute Gasteiger partial charge is 0.417 e. The van der Waals surface area contributed by atoms with E-state index in [0.29, 0.717) is 35.9 Å². The van der Waals surface area contributed by atoms with Crippen LogP contribution in [0.5, 0.6) is 0 Å². The van der Waals surface area contributed by atoms with Gasteiger partial charge in [0.05, 0.1) is 11.4 Å². The van der Waals surface area contributed by atoms with Crippen LogP contribution in [-0.4, -0.2) is 21.8 Å². The Balaban J connectivity index is 1.85. The predicted octanol–water partition coefficient (Wildman–Crippen LogP) is 1.80. The number of carboxylic acids is 1. The summed E-state index contributed by atoms with van der Waals surface area (Å²) in [4.78, 5) is 36.8. The standard InChI is InChI=1S/C14H13NO5/c16-12(7-1-2-9(5-7)13(17)18)8-3-4-10-11(6-8)20-14(19)15-10/h3-4,6-7,9H,1-2,5H2,(H,15,19)(H,17,18). The molecule has 1 fully saturated rings. The maximum Gasteiger partial charge on any atom is 0.417 e. The van der Waals surface area contributed by atoms with Crippen molar-refractivity contribution in [2.45, 2.75) is 19.3 Å². The highest BCUT2D eigenvalue weighted by molar-refractivity contribution is 6.00. The summed E-state index contributed by atoms with van der Waals surface area (Å²) in [7, 11) is 0. The summed E-state index contributed by atoms with van der Waals surface area (Å²) in [5.74, 6) is -2.18. The van der Waals surface area contributed by atoms with Crippen LogP contribution in [0.2, 0.25) is 0 Å². The topological polar surface area (TPSA) is 100 Å². The molecule has 104 valence electrons. The number of fused-ring (bicyclic) bond motifs is 1. The SMILES string of the molecule is O=C(O)C1CCC(C(=O)c2ccc3[nH]c(=O)oc3c2)C1. The zero-order valence-electron chi connectivity index (χ0n) is 10.6. The first-order valence-electron chi connectivity index (χ1n) is 6.44. The summed E-state index contributed by atoms with van der Waals surface area (Å²) in [5, 5.41) is 8.96. The predicted molar refractivity (Wildman–Crippen MR) is 69.6 cm³/mol. The van der Waals surface area contributed by atoms with E-state index in [1.165, 1.54) is 6.07 Å². The van der Waals surface area contributed by atoms with Crippen molar-refractivity contribution >= 4 is 22.9 Å². The molecule has 1 aliphatic rings. The molecule has 1 heterocycles. The summed E-state index contributed by atoms with van der Waals surface area (Å²) in [6.07, 6.45) is 1.50. The van der Waals surface area contributed by atoms with Crippen LogP contribution < -0.4 is 5.76 Å². The molecule has 1 aromatic carbocycles. The van der Waals surface area contributed by atoms with Gasteiger partial charge in [0.25, 0.3) is 0 Å². The van der Waals surface area contributed by atoms with Crippen LogP contribution in [0, 0.1) is 11.8 Å². The molecule has 2 unspecified atom stereocenters. The van der Waals surface area contributed by atoms with E-state index in [1.807, 2.05) is 0 Å². The number of aromatic nitrogens is 1. The minimum absolute atomic E-state index is 0.0838. The Kier molecular flexibility index (Phi) is 2.93. The number of Topliss-reactive ketones (excluding diaryl/α,β-unsaturated/α-hetero) is 1. The fraction of sp³-hybridized carbons (Fsp3) is 0.357. The molecule has 3 rings (SSSR count). The molecule has 1 aliphatic carbocycles. The van der Waals surface area contributed by atoms with Gasteiger partial charge < -0.3 is 9.52 Å². The number of rotatable bonds is 3. The van der Waals surface area contributed by atoms with Gasteiger partial charge in [0.2, 0.25) is 0 Å². The number of ketones is 1. The van der Waals surface area contributed by atoms with Crippen LogP contribution in [0.15, 0.2) is 27.4 Å². The number of carbonyl (C=O) groups excluding carboxylic acids is 1. The molecular weight excluding hydrogens is 262 g/mol. The third-order valence-electron chi connectivity index (χ3n) is 3.86. The van der Waals surface area contributed by atoms with Crippen LogP contribution in [-0.2, 0) is 4.79 Å². The van der Waals surface area contributed by atoms with Crippen molar-refractivity contribution in [2.24, 2.45) is 11.8 Å². The molecule has 1 saturated carbocycles. The van der Waals surface area contributed by atoms with E-state index in [4.69, 9.17) is 9.52 Å². The molecule has 0 spiro atoms. The van der Waals surface area contributed by atoms with Gasteiger partial charge in [0, 0.05) is 11.5 Å². The number of H-pyrrole nitrogens is 1. The number of hydrogen-bond acceptors (Lipinski definition) is 4. The molecule has 0 aliphatic heterocycles. The molecule has 2 atom stereocenters. The number of hydrogen-bond donors (Lipinski definition) is 2. The molecule has 6 nitrogen and oxygen atoms in total. The number of oxazole rings is 1. The zero-order chi connectivity index (χ0) is 14.3. The van der Waals surface area contributed by atoms with Gasteiger partial charge in [-0.15, -0.1) is 0 Å². The Hall–Kier alpha value is -2.37. The average Bonchev–Trinajstić information content (AvgIpc) is 3.02. The first-order chi connectivity index (χ1) is 9.54. The van der Waals surface area contributed by atoms with Gasteiger partial charge in [-0.05, 0) is 37.5 Å². The second-order valence-electron chi connectivity index (χ2n) is 5.13. The zero-order valence-corrected chi connectivity index (χ0v) is 10.6. The van der Waals surface area contributed by atoms with E-state index in [1.54, 1.807) is 12.1 Å². The maximum atomic E-state index is 12.3. The molecule has 0 radical (unpaired) electrons. The van der Waals surface area contributed by atoms with Gasteiger partial charge in [-0.2, -0.15) is 0 Å². The fourth-order valence-corrected chi connectivity index (χ4v) is 2.78. The quantitative estimate of drug-likeness (QED) is 0.832. The molecule has 0 amide bonds. The molecule has 2 aromatic rings. The third kappa shape index (κ3) is 2.13. The summed E-state index contributed by atoms with van der Waals surface area (Å²) in [6, 6.07) is 4.78. The Morgan fingerprint density at radius 3 is 2.70 bits per heavy atom. The first kappa shape index (κ1) is 12.7. The molecule has 2 N–H and O–H groups in total. The summed E-state index contributed by atoms with van der Waals surface area (Å²) < 4.78 is 4.92. The van der Waals surface area contributed by atoms with Crippen LogP contribution in [0.1, 0.15) is 29.6 Å². The van der Waals surface area contributed by atoms with E-state index in [0.717, 1.165) is 0 Å². The van der Waals surface area contributed by atoms with Crippen molar-refractivity contribution in [1.29, 1.82) is 0 Å². The number of aromatic amines is 1. The lowest BCUT2D eigenvalue weighted by atomic mass is 9.95. The summed E-state index contributed by atoms with van der Waals surface area (Å²) >= 11 is 0. The van der Waals surface area contributed by atoms with E-state index < -0.39 is 17.6 Å². The van der Waals surface area contributed by atoms with E-state index >= 15 is 0 Å². The largest absolute Gasteiger partial charge is 0.481 e. The number of carbonyl (C=O) groups is 2. The molecule has 1 aromatic heterocycles. The van der Waals surface area contributed by atoms with Gasteiger partial charge in [0.1, 0.15) is 0 Å². The highest BCUT2D eigenvalue weighted by Gasteiger charge is 2.34. The minimum Gasteiger partial charge on any atom is -0.481 e. The molecular formula is C14H13NO5. The highest BCUT2D eigenvalue weighted by Crippen LogP contribution is 2.33. The number of carboxylic acid groups (broad SMARTS) is 1. The first-order valence-corrected chi connectivity index (χ1v) is 6.44. The fourth-order valence-electron chi connectivity index (χ4n) is 2.78. The van der Waals surface area contributed by atoms with Crippen LogP contribution in [0.25, 0.3) is 11.1 Å². The molecule has 0 saturated heterocycles. The van der Waals surface area contributed by atoms with Crippen LogP contribution in [0.4, 0.5) is 0 Å². The second-order valence-corrected chi connectivity index (χ2v) is 5.13. The Labute approximate surface area is 113 Å². The van der Waals surface area contributed by atoms with Gasteiger partial charge in [0.15, 0.2) is 11.4 Å². The maximum absolute atomic E-state index is 12.3. The van der Waals surface area contributed by atoms with E-state index in [2.05, 4.69) is 4.98 Å². The van der Waals surface area contributed by atoms with E-state index in [-0.39, 0.29) is 11.7 Å². The highest BCUT2D eigenvalue weighted by atomic mass is 16.4.